The van der Waals surface area contributed by atoms with Gasteiger partial charge in [-0.15, -0.1) is 0 Å². The molecular weight excluding hydrogens is 438 g/mol. The highest BCUT2D eigenvalue weighted by Gasteiger charge is 2.21. The number of carbonyl (C=O) groups excluding carboxylic acids is 1. The quantitative estimate of drug-likeness (QED) is 0.471. The SMILES string of the molecule is COc1cc(-c2nc(-c3cnn(C)c(=O)c3)n3ccnc(N)c23)ccc1NC(=O)OC(C)(C)C. The number of benzene rings is 1. The van der Waals surface area contributed by atoms with Crippen molar-refractivity contribution in [2.45, 2.75) is 26.4 Å². The van der Waals surface area contributed by atoms with Gasteiger partial charge in [0, 0.05) is 36.6 Å². The fraction of sp³-hybridized carbons (Fsp3) is 0.261. The second-order valence-electron chi connectivity index (χ2n) is 8.56. The molecule has 0 radical (unpaired) electrons. The zero-order valence-electron chi connectivity index (χ0n) is 19.5. The van der Waals surface area contributed by atoms with Crippen molar-refractivity contribution in [1.82, 2.24) is 24.1 Å². The number of amides is 1. The number of nitrogens with one attached hydrogen (secondary N) is 1. The molecule has 11 heteroatoms. The van der Waals surface area contributed by atoms with Crippen molar-refractivity contribution in [2.75, 3.05) is 18.2 Å². The maximum absolute atomic E-state index is 12.2. The zero-order chi connectivity index (χ0) is 24.6. The Morgan fingerprint density at radius 1 is 1.18 bits per heavy atom. The number of carbonyl (C=O) groups is 1. The van der Waals surface area contributed by atoms with E-state index in [2.05, 4.69) is 15.4 Å². The lowest BCUT2D eigenvalue weighted by atomic mass is 10.1. The summed E-state index contributed by atoms with van der Waals surface area (Å²) in [6.07, 6.45) is 4.23. The lowest BCUT2D eigenvalue weighted by Gasteiger charge is -2.20. The van der Waals surface area contributed by atoms with Crippen LogP contribution in [0.3, 0.4) is 0 Å². The molecule has 1 amide bonds. The molecule has 0 aliphatic heterocycles. The zero-order valence-corrected chi connectivity index (χ0v) is 19.5. The van der Waals surface area contributed by atoms with Crippen LogP contribution in [-0.2, 0) is 11.8 Å². The smallest absolute Gasteiger partial charge is 0.412 e. The minimum absolute atomic E-state index is 0.267. The van der Waals surface area contributed by atoms with Gasteiger partial charge in [0.1, 0.15) is 34.2 Å². The molecule has 11 nitrogen and oxygen atoms in total. The monoisotopic (exact) mass is 463 g/mol. The van der Waals surface area contributed by atoms with E-state index in [1.165, 1.54) is 17.9 Å². The molecule has 0 aliphatic rings. The van der Waals surface area contributed by atoms with E-state index in [1.54, 1.807) is 69.0 Å². The number of hydrogen-bond donors (Lipinski definition) is 2. The van der Waals surface area contributed by atoms with Crippen LogP contribution in [0, 0.1) is 0 Å². The number of rotatable bonds is 4. The number of fused-ring (bicyclic) bond motifs is 1. The summed E-state index contributed by atoms with van der Waals surface area (Å²) in [4.78, 5) is 33.3. The van der Waals surface area contributed by atoms with Crippen LogP contribution in [0.25, 0.3) is 28.2 Å². The van der Waals surface area contributed by atoms with Crippen molar-refractivity contribution in [3.63, 3.8) is 0 Å². The summed E-state index contributed by atoms with van der Waals surface area (Å²) in [5, 5.41) is 6.78. The Morgan fingerprint density at radius 2 is 1.94 bits per heavy atom. The van der Waals surface area contributed by atoms with Crippen molar-refractivity contribution >= 4 is 23.1 Å². The largest absolute Gasteiger partial charge is 0.495 e. The van der Waals surface area contributed by atoms with Crippen molar-refractivity contribution in [3.8, 4) is 28.4 Å². The third kappa shape index (κ3) is 4.40. The molecule has 0 saturated carbocycles. The van der Waals surface area contributed by atoms with E-state index in [0.717, 1.165) is 0 Å². The van der Waals surface area contributed by atoms with E-state index in [4.69, 9.17) is 20.2 Å². The molecule has 4 aromatic rings. The van der Waals surface area contributed by atoms with E-state index in [9.17, 15) is 9.59 Å². The van der Waals surface area contributed by atoms with Gasteiger partial charge in [-0.25, -0.2) is 19.4 Å². The number of nitrogens with zero attached hydrogens (tertiary/aromatic N) is 5. The Kier molecular flexibility index (Phi) is 5.70. The highest BCUT2D eigenvalue weighted by molar-refractivity contribution is 5.91. The summed E-state index contributed by atoms with van der Waals surface area (Å²) in [5.41, 5.74) is 8.04. The molecule has 0 unspecified atom stereocenters. The van der Waals surface area contributed by atoms with Crippen LogP contribution < -0.4 is 21.3 Å². The lowest BCUT2D eigenvalue weighted by Crippen LogP contribution is -2.27. The number of hydrogen-bond acceptors (Lipinski definition) is 8. The summed E-state index contributed by atoms with van der Waals surface area (Å²) >= 11 is 0. The molecule has 0 aliphatic carbocycles. The minimum Gasteiger partial charge on any atom is -0.495 e. The molecule has 4 rings (SSSR count). The number of anilines is 2. The van der Waals surface area contributed by atoms with Crippen molar-refractivity contribution in [3.05, 3.63) is 53.2 Å². The van der Waals surface area contributed by atoms with Crippen LogP contribution >= 0.6 is 0 Å². The molecule has 3 heterocycles. The molecule has 3 N–H and O–H groups in total. The van der Waals surface area contributed by atoms with E-state index >= 15 is 0 Å². The van der Waals surface area contributed by atoms with E-state index < -0.39 is 11.7 Å². The third-order valence-electron chi connectivity index (χ3n) is 4.92. The van der Waals surface area contributed by atoms with Gasteiger partial charge in [0.2, 0.25) is 0 Å². The topological polar surface area (TPSA) is 139 Å². The van der Waals surface area contributed by atoms with Crippen LogP contribution in [0.1, 0.15) is 20.8 Å². The first-order chi connectivity index (χ1) is 16.1. The van der Waals surface area contributed by atoms with Gasteiger partial charge in [0.25, 0.3) is 5.56 Å². The summed E-state index contributed by atoms with van der Waals surface area (Å²) in [6.45, 7) is 5.35. The highest BCUT2D eigenvalue weighted by Crippen LogP contribution is 2.36. The maximum Gasteiger partial charge on any atom is 0.412 e. The molecular formula is C23H25N7O4. The van der Waals surface area contributed by atoms with Gasteiger partial charge in [0.05, 0.1) is 19.0 Å². The average molecular weight is 463 g/mol. The highest BCUT2D eigenvalue weighted by atomic mass is 16.6. The van der Waals surface area contributed by atoms with Crippen molar-refractivity contribution < 1.29 is 14.3 Å². The number of nitrogen functional groups attached to an aromatic ring is 1. The molecule has 176 valence electrons. The molecule has 0 fully saturated rings. The van der Waals surface area contributed by atoms with Gasteiger partial charge in [-0.3, -0.25) is 14.5 Å². The first-order valence-corrected chi connectivity index (χ1v) is 10.4. The minimum atomic E-state index is -0.638. The number of imidazole rings is 1. The normalized spacial score (nSPS) is 11.4. The van der Waals surface area contributed by atoms with Gasteiger partial charge >= 0.3 is 6.09 Å². The summed E-state index contributed by atoms with van der Waals surface area (Å²) in [7, 11) is 3.07. The van der Waals surface area contributed by atoms with Gasteiger partial charge in [0.15, 0.2) is 0 Å². The Hall–Kier alpha value is -4.41. The molecule has 0 spiro atoms. The van der Waals surface area contributed by atoms with E-state index in [1.807, 2.05) is 0 Å². The fourth-order valence-electron chi connectivity index (χ4n) is 3.42. The Balaban J connectivity index is 1.81. The number of ether oxygens (including phenoxy) is 2. The molecule has 3 aromatic heterocycles. The molecule has 1 aromatic carbocycles. The van der Waals surface area contributed by atoms with Crippen molar-refractivity contribution in [2.24, 2.45) is 7.05 Å². The molecule has 0 saturated heterocycles. The number of aromatic nitrogens is 5. The van der Waals surface area contributed by atoms with Crippen LogP contribution in [0.5, 0.6) is 5.75 Å². The van der Waals surface area contributed by atoms with Gasteiger partial charge in [-0.2, -0.15) is 5.10 Å². The van der Waals surface area contributed by atoms with Gasteiger partial charge in [-0.1, -0.05) is 6.07 Å². The Labute approximate surface area is 195 Å². The van der Waals surface area contributed by atoms with Crippen LogP contribution in [0.4, 0.5) is 16.3 Å². The predicted molar refractivity (Wildman–Crippen MR) is 128 cm³/mol. The molecule has 0 atom stereocenters. The third-order valence-corrected chi connectivity index (χ3v) is 4.92. The van der Waals surface area contributed by atoms with Crippen LogP contribution in [0.2, 0.25) is 0 Å². The standard InChI is InChI=1S/C23H25N7O4/c1-23(2,3)34-22(32)27-15-7-6-13(10-16(15)33-5)18-19-20(24)25-8-9-30(19)21(28-18)14-11-17(31)29(4)26-12-14/h6-12H,1-5H3,(H2,24,25)(H,27,32). The van der Waals surface area contributed by atoms with E-state index in [0.29, 0.717) is 39.6 Å². The Bertz CT molecular complexity index is 1450. The van der Waals surface area contributed by atoms with Gasteiger partial charge in [-0.05, 0) is 32.9 Å². The summed E-state index contributed by atoms with van der Waals surface area (Å²) < 4.78 is 13.8. The maximum atomic E-state index is 12.2. The van der Waals surface area contributed by atoms with Gasteiger partial charge < -0.3 is 15.2 Å². The Morgan fingerprint density at radius 3 is 2.62 bits per heavy atom. The first kappa shape index (κ1) is 22.8. The lowest BCUT2D eigenvalue weighted by molar-refractivity contribution is 0.0635. The second kappa shape index (κ2) is 8.50. The van der Waals surface area contributed by atoms with Crippen LogP contribution in [-0.4, -0.2) is 43.0 Å². The summed E-state index contributed by atoms with van der Waals surface area (Å²) in [6, 6.07) is 6.65. The number of aryl methyl sites for hydroxylation is 1. The first-order valence-electron chi connectivity index (χ1n) is 10.4. The molecule has 34 heavy (non-hydrogen) atoms. The van der Waals surface area contributed by atoms with Crippen LogP contribution in [0.15, 0.2) is 47.7 Å². The summed E-state index contributed by atoms with van der Waals surface area (Å²) in [5.74, 6) is 1.16. The van der Waals surface area contributed by atoms with E-state index in [-0.39, 0.29) is 11.4 Å². The number of methoxy groups -OCH3 is 1. The van der Waals surface area contributed by atoms with Crippen molar-refractivity contribution in [1.29, 1.82) is 0 Å². The second-order valence-corrected chi connectivity index (χ2v) is 8.56. The fourth-order valence-corrected chi connectivity index (χ4v) is 3.42. The predicted octanol–water partition coefficient (Wildman–Crippen LogP) is 3.09. The average Bonchev–Trinajstić information content (AvgIpc) is 3.15. The molecule has 0 bridgehead atoms. The number of nitrogens with two attached hydrogens (primary N) is 1.